The van der Waals surface area contributed by atoms with E-state index in [2.05, 4.69) is 0 Å². The highest BCUT2D eigenvalue weighted by molar-refractivity contribution is 5.82. The minimum absolute atomic E-state index is 0.271. The summed E-state index contributed by atoms with van der Waals surface area (Å²) in [6.45, 7) is 3.82. The number of hydrogen-bond acceptors (Lipinski definition) is 3. The molecule has 72 valence electrons. The third-order valence-corrected chi connectivity index (χ3v) is 1.11. The molecule has 0 aliphatic carbocycles. The Morgan fingerprint density at radius 2 is 2.15 bits per heavy atom. The third-order valence-electron chi connectivity index (χ3n) is 1.11. The van der Waals surface area contributed by atoms with Crippen molar-refractivity contribution < 1.29 is 9.53 Å². The molecule has 0 saturated carbocycles. The molecule has 3 heteroatoms. The van der Waals surface area contributed by atoms with Crippen LogP contribution < -0.4 is 5.73 Å². The van der Waals surface area contributed by atoms with Gasteiger partial charge in [0.25, 0.3) is 0 Å². The number of ether oxygens (including phenoxy) is 1. The predicted molar refractivity (Wildman–Crippen MR) is 52.9 cm³/mol. The van der Waals surface area contributed by atoms with Crippen LogP contribution in [0.25, 0.3) is 0 Å². The van der Waals surface area contributed by atoms with Crippen molar-refractivity contribution >= 4 is 5.97 Å². The molecule has 0 unspecified atom stereocenters. The first-order chi connectivity index (χ1) is 6.16. The van der Waals surface area contributed by atoms with Crippen LogP contribution in [0.5, 0.6) is 0 Å². The molecule has 13 heavy (non-hydrogen) atoms. The Balaban J connectivity index is 3.66. The fraction of sp³-hybridized carbons (Fsp3) is 0.300. The number of carbonyl (C=O) groups is 1. The summed E-state index contributed by atoms with van der Waals surface area (Å²) < 4.78 is 4.78. The Morgan fingerprint density at radius 3 is 2.69 bits per heavy atom. The molecule has 0 atom stereocenters. The van der Waals surface area contributed by atoms with E-state index in [1.165, 1.54) is 6.08 Å². The molecular formula is C10H15NO2. The standard InChI is InChI=1S/C10H15NO2/c1-3-4-5-6-7-13-10(12)8-9(2)11/h3-6,8H,7,11H2,1-2H3/b4-3+,6-5+,9-8-. The van der Waals surface area contributed by atoms with Gasteiger partial charge in [-0.15, -0.1) is 0 Å². The van der Waals surface area contributed by atoms with Crippen LogP contribution in [-0.2, 0) is 9.53 Å². The molecule has 0 radical (unpaired) electrons. The van der Waals surface area contributed by atoms with Crippen LogP contribution in [0.3, 0.4) is 0 Å². The number of esters is 1. The minimum atomic E-state index is -0.412. The molecule has 0 saturated heterocycles. The molecule has 0 fully saturated rings. The molecule has 0 bridgehead atoms. The van der Waals surface area contributed by atoms with Gasteiger partial charge >= 0.3 is 5.97 Å². The molecule has 2 N–H and O–H groups in total. The molecule has 0 rings (SSSR count). The van der Waals surface area contributed by atoms with E-state index in [9.17, 15) is 4.79 Å². The van der Waals surface area contributed by atoms with Gasteiger partial charge in [-0.25, -0.2) is 4.79 Å². The number of allylic oxidation sites excluding steroid dienone is 4. The number of nitrogens with two attached hydrogens (primary N) is 1. The number of rotatable bonds is 4. The van der Waals surface area contributed by atoms with Crippen molar-refractivity contribution in [3.05, 3.63) is 36.1 Å². The summed E-state index contributed by atoms with van der Waals surface area (Å²) >= 11 is 0. The largest absolute Gasteiger partial charge is 0.458 e. The van der Waals surface area contributed by atoms with Crippen molar-refractivity contribution in [1.29, 1.82) is 0 Å². The van der Waals surface area contributed by atoms with E-state index < -0.39 is 5.97 Å². The lowest BCUT2D eigenvalue weighted by Gasteiger charge is -1.96. The van der Waals surface area contributed by atoms with E-state index in [1.54, 1.807) is 13.0 Å². The van der Waals surface area contributed by atoms with Gasteiger partial charge < -0.3 is 10.5 Å². The SMILES string of the molecule is C/C=C/C=C/COC(=O)/C=C(/C)N. The van der Waals surface area contributed by atoms with E-state index in [-0.39, 0.29) is 6.61 Å². The molecule has 0 heterocycles. The van der Waals surface area contributed by atoms with Crippen molar-refractivity contribution in [3.63, 3.8) is 0 Å². The monoisotopic (exact) mass is 181 g/mol. The molecule has 0 aliphatic heterocycles. The summed E-state index contributed by atoms with van der Waals surface area (Å²) in [7, 11) is 0. The van der Waals surface area contributed by atoms with Gasteiger partial charge in [-0.3, -0.25) is 0 Å². The Kier molecular flexibility index (Phi) is 6.32. The van der Waals surface area contributed by atoms with Gasteiger partial charge in [-0.2, -0.15) is 0 Å². The lowest BCUT2D eigenvalue weighted by atomic mass is 10.4. The van der Waals surface area contributed by atoms with Crippen molar-refractivity contribution in [1.82, 2.24) is 0 Å². The highest BCUT2D eigenvalue weighted by atomic mass is 16.5. The number of carbonyl (C=O) groups excluding carboxylic acids is 1. The van der Waals surface area contributed by atoms with Crippen LogP contribution in [0, 0.1) is 0 Å². The summed E-state index contributed by atoms with van der Waals surface area (Å²) in [4.78, 5) is 10.9. The molecule has 0 aromatic carbocycles. The molecule has 0 aliphatic rings. The zero-order chi connectivity index (χ0) is 10.1. The van der Waals surface area contributed by atoms with Gasteiger partial charge in [0, 0.05) is 11.8 Å². The second-order valence-corrected chi connectivity index (χ2v) is 2.47. The third kappa shape index (κ3) is 8.40. The Hall–Kier alpha value is -1.51. The smallest absolute Gasteiger partial charge is 0.332 e. The first-order valence-electron chi connectivity index (χ1n) is 4.05. The van der Waals surface area contributed by atoms with Gasteiger partial charge in [-0.1, -0.05) is 18.2 Å². The first kappa shape index (κ1) is 11.5. The zero-order valence-electron chi connectivity index (χ0n) is 7.99. The normalized spacial score (nSPS) is 12.6. The number of hydrogen-bond donors (Lipinski definition) is 1. The molecule has 3 nitrogen and oxygen atoms in total. The maximum atomic E-state index is 10.9. The van der Waals surface area contributed by atoms with Crippen LogP contribution >= 0.6 is 0 Å². The predicted octanol–water partition coefficient (Wildman–Crippen LogP) is 1.52. The molecule has 0 aromatic heterocycles. The zero-order valence-corrected chi connectivity index (χ0v) is 7.99. The average molecular weight is 181 g/mol. The summed E-state index contributed by atoms with van der Waals surface area (Å²) in [6.07, 6.45) is 8.56. The van der Waals surface area contributed by atoms with Gasteiger partial charge in [0.05, 0.1) is 0 Å². The fourth-order valence-corrected chi connectivity index (χ4v) is 0.603. The van der Waals surface area contributed by atoms with E-state index >= 15 is 0 Å². The van der Waals surface area contributed by atoms with Crippen molar-refractivity contribution in [2.45, 2.75) is 13.8 Å². The second-order valence-electron chi connectivity index (χ2n) is 2.47. The lowest BCUT2D eigenvalue weighted by molar-refractivity contribution is -0.136. The average Bonchev–Trinajstić information content (AvgIpc) is 2.02. The summed E-state index contributed by atoms with van der Waals surface area (Å²) in [6, 6.07) is 0. The van der Waals surface area contributed by atoms with Crippen LogP contribution in [0.2, 0.25) is 0 Å². The molecular weight excluding hydrogens is 166 g/mol. The Bertz CT molecular complexity index is 235. The highest BCUT2D eigenvalue weighted by Gasteiger charge is 1.94. The van der Waals surface area contributed by atoms with Gasteiger partial charge in [0.1, 0.15) is 6.61 Å². The van der Waals surface area contributed by atoms with Crippen LogP contribution in [0.4, 0.5) is 0 Å². The van der Waals surface area contributed by atoms with E-state index in [0.29, 0.717) is 5.70 Å². The summed E-state index contributed by atoms with van der Waals surface area (Å²) in [5.74, 6) is -0.412. The molecule has 0 spiro atoms. The van der Waals surface area contributed by atoms with Gasteiger partial charge in [-0.05, 0) is 19.9 Å². The summed E-state index contributed by atoms with van der Waals surface area (Å²) in [5.41, 5.74) is 5.72. The molecule has 0 amide bonds. The first-order valence-corrected chi connectivity index (χ1v) is 4.05. The molecule has 0 aromatic rings. The van der Waals surface area contributed by atoms with Gasteiger partial charge in [0.15, 0.2) is 0 Å². The van der Waals surface area contributed by atoms with E-state index in [1.807, 2.05) is 25.2 Å². The fourth-order valence-electron chi connectivity index (χ4n) is 0.603. The topological polar surface area (TPSA) is 52.3 Å². The maximum absolute atomic E-state index is 10.9. The van der Waals surface area contributed by atoms with Gasteiger partial charge in [0.2, 0.25) is 0 Å². The lowest BCUT2D eigenvalue weighted by Crippen LogP contribution is -2.03. The van der Waals surface area contributed by atoms with Crippen LogP contribution in [0.1, 0.15) is 13.8 Å². The van der Waals surface area contributed by atoms with Crippen LogP contribution in [-0.4, -0.2) is 12.6 Å². The van der Waals surface area contributed by atoms with Crippen molar-refractivity contribution in [3.8, 4) is 0 Å². The minimum Gasteiger partial charge on any atom is -0.458 e. The van der Waals surface area contributed by atoms with Crippen molar-refractivity contribution in [2.24, 2.45) is 5.73 Å². The van der Waals surface area contributed by atoms with Crippen molar-refractivity contribution in [2.75, 3.05) is 6.61 Å². The Labute approximate surface area is 78.6 Å². The second kappa shape index (κ2) is 7.16. The Morgan fingerprint density at radius 1 is 1.46 bits per heavy atom. The summed E-state index contributed by atoms with van der Waals surface area (Å²) in [5, 5.41) is 0. The highest BCUT2D eigenvalue weighted by Crippen LogP contribution is 1.86. The maximum Gasteiger partial charge on any atom is 0.332 e. The van der Waals surface area contributed by atoms with E-state index in [0.717, 1.165) is 0 Å². The van der Waals surface area contributed by atoms with E-state index in [4.69, 9.17) is 10.5 Å². The van der Waals surface area contributed by atoms with Crippen LogP contribution in [0.15, 0.2) is 36.1 Å². The quantitative estimate of drug-likeness (QED) is 0.406.